The molecule has 1 aromatic carbocycles. The van der Waals surface area contributed by atoms with Crippen molar-refractivity contribution in [1.29, 1.82) is 0 Å². The van der Waals surface area contributed by atoms with Crippen molar-refractivity contribution in [2.24, 2.45) is 0 Å². The number of hydrogen-bond acceptors (Lipinski definition) is 5. The zero-order valence-electron chi connectivity index (χ0n) is 16.5. The second-order valence-electron chi connectivity index (χ2n) is 7.48. The molecule has 1 unspecified atom stereocenters. The van der Waals surface area contributed by atoms with Crippen molar-refractivity contribution in [2.75, 3.05) is 39.4 Å². The summed E-state index contributed by atoms with van der Waals surface area (Å²) >= 11 is 1.44. The Hall–Kier alpha value is -2.55. The Morgan fingerprint density at radius 3 is 2.60 bits per heavy atom. The van der Waals surface area contributed by atoms with Gasteiger partial charge in [0, 0.05) is 23.4 Å². The molecule has 1 atom stereocenters. The average Bonchev–Trinajstić information content (AvgIpc) is 3.37. The van der Waals surface area contributed by atoms with E-state index in [1.807, 2.05) is 17.5 Å². The van der Waals surface area contributed by atoms with Gasteiger partial charge in [0.25, 0.3) is 11.7 Å². The van der Waals surface area contributed by atoms with E-state index in [0.717, 1.165) is 44.1 Å². The number of thiophene rings is 1. The Morgan fingerprint density at radius 1 is 1.20 bits per heavy atom. The molecular weight excluding hydrogens is 407 g/mol. The molecule has 1 aromatic heterocycles. The molecule has 0 saturated carbocycles. The zero-order chi connectivity index (χ0) is 21.1. The van der Waals surface area contributed by atoms with E-state index in [4.69, 9.17) is 4.74 Å². The summed E-state index contributed by atoms with van der Waals surface area (Å²) in [6.45, 7) is 4.69. The molecule has 0 radical (unpaired) electrons. The number of rotatable bonds is 6. The van der Waals surface area contributed by atoms with E-state index >= 15 is 0 Å². The maximum absolute atomic E-state index is 13.3. The summed E-state index contributed by atoms with van der Waals surface area (Å²) in [4.78, 5) is 29.5. The molecule has 0 bridgehead atoms. The van der Waals surface area contributed by atoms with Crippen LogP contribution in [0.4, 0.5) is 4.39 Å². The maximum Gasteiger partial charge on any atom is 0.295 e. The molecule has 0 spiro atoms. The molecule has 2 aliphatic rings. The highest BCUT2D eigenvalue weighted by molar-refractivity contribution is 7.10. The summed E-state index contributed by atoms with van der Waals surface area (Å²) in [5.41, 5.74) is 0.376. The first-order valence-corrected chi connectivity index (χ1v) is 10.9. The molecule has 1 amide bonds. The number of amides is 1. The number of Topliss-reactive ketones (excluding diaryl/α,β-unsaturated/α-hetero) is 1. The van der Waals surface area contributed by atoms with Gasteiger partial charge in [-0.05, 0) is 35.7 Å². The Balaban J connectivity index is 1.61. The number of aliphatic hydroxyl groups is 1. The van der Waals surface area contributed by atoms with Crippen molar-refractivity contribution >= 4 is 28.8 Å². The quantitative estimate of drug-likeness (QED) is 0.414. The lowest BCUT2D eigenvalue weighted by molar-refractivity contribution is -0.908. The monoisotopic (exact) mass is 431 g/mol. The minimum atomic E-state index is -0.700. The number of carbonyl (C=O) groups excluding carboxylic acids is 2. The van der Waals surface area contributed by atoms with Crippen molar-refractivity contribution in [1.82, 2.24) is 4.90 Å². The number of likely N-dealkylation sites (tertiary alicyclic amines) is 1. The van der Waals surface area contributed by atoms with Crippen molar-refractivity contribution in [3.05, 3.63) is 63.6 Å². The van der Waals surface area contributed by atoms with E-state index in [1.54, 1.807) is 4.90 Å². The standard InChI is InChI=1S/C22H23FN2O4S/c23-16-6-4-15(5-7-16)20(26)18-19(17-3-1-14-30-17)25(22(28)21(18)27)9-2-8-24-10-12-29-13-11-24/h1,3-7,14,19,26H,2,8-13H2/p+1. The first-order chi connectivity index (χ1) is 14.6. The fraction of sp³-hybridized carbons (Fsp3) is 0.364. The number of aliphatic hydroxyl groups excluding tert-OH is 1. The van der Waals surface area contributed by atoms with E-state index < -0.39 is 23.5 Å². The number of halogens is 1. The van der Waals surface area contributed by atoms with Gasteiger partial charge in [-0.2, -0.15) is 0 Å². The summed E-state index contributed by atoms with van der Waals surface area (Å²) in [5.74, 6) is -2.01. The lowest BCUT2D eigenvalue weighted by Crippen LogP contribution is -3.14. The minimum Gasteiger partial charge on any atom is -0.507 e. The SMILES string of the molecule is O=C1C(=O)N(CCC[NH+]2CCOCC2)C(c2cccs2)C1=C(O)c1ccc(F)cc1. The Bertz CT molecular complexity index is 937. The van der Waals surface area contributed by atoms with Crippen molar-refractivity contribution < 1.29 is 28.7 Å². The minimum absolute atomic E-state index is 0.0628. The van der Waals surface area contributed by atoms with Crippen LogP contribution in [0.1, 0.15) is 22.9 Å². The van der Waals surface area contributed by atoms with Gasteiger partial charge in [0.15, 0.2) is 0 Å². The number of hydrogen-bond donors (Lipinski definition) is 2. The maximum atomic E-state index is 13.3. The number of quaternary nitrogens is 1. The second kappa shape index (κ2) is 9.07. The largest absolute Gasteiger partial charge is 0.507 e. The van der Waals surface area contributed by atoms with Gasteiger partial charge >= 0.3 is 0 Å². The number of ketones is 1. The highest BCUT2D eigenvalue weighted by Crippen LogP contribution is 2.41. The summed E-state index contributed by atoms with van der Waals surface area (Å²) < 4.78 is 18.7. The highest BCUT2D eigenvalue weighted by Gasteiger charge is 2.46. The van der Waals surface area contributed by atoms with Crippen LogP contribution in [-0.2, 0) is 14.3 Å². The lowest BCUT2D eigenvalue weighted by atomic mass is 10.00. The van der Waals surface area contributed by atoms with Crippen molar-refractivity contribution in [2.45, 2.75) is 12.5 Å². The molecule has 30 heavy (non-hydrogen) atoms. The Morgan fingerprint density at radius 2 is 1.93 bits per heavy atom. The molecule has 2 fully saturated rings. The Kier molecular flexibility index (Phi) is 6.26. The van der Waals surface area contributed by atoms with Crippen LogP contribution >= 0.6 is 11.3 Å². The fourth-order valence-corrected chi connectivity index (χ4v) is 4.87. The summed E-state index contributed by atoms with van der Waals surface area (Å²) in [5, 5.41) is 12.7. The topological polar surface area (TPSA) is 71.3 Å². The van der Waals surface area contributed by atoms with Crippen LogP contribution in [0.15, 0.2) is 47.4 Å². The first kappa shape index (κ1) is 20.7. The predicted molar refractivity (Wildman–Crippen MR) is 111 cm³/mol. The van der Waals surface area contributed by atoms with Gasteiger partial charge in [-0.25, -0.2) is 4.39 Å². The third-order valence-electron chi connectivity index (χ3n) is 5.60. The molecule has 2 saturated heterocycles. The molecule has 158 valence electrons. The molecule has 6 nitrogen and oxygen atoms in total. The van der Waals surface area contributed by atoms with Gasteiger partial charge in [0.1, 0.15) is 24.7 Å². The number of nitrogens with one attached hydrogen (secondary N) is 1. The highest BCUT2D eigenvalue weighted by atomic mass is 32.1. The lowest BCUT2D eigenvalue weighted by Gasteiger charge is -2.27. The van der Waals surface area contributed by atoms with Crippen molar-refractivity contribution in [3.63, 3.8) is 0 Å². The van der Waals surface area contributed by atoms with Crippen LogP contribution < -0.4 is 4.90 Å². The van der Waals surface area contributed by atoms with Gasteiger partial charge in [-0.15, -0.1) is 11.3 Å². The number of carbonyl (C=O) groups is 2. The van der Waals surface area contributed by atoms with E-state index in [2.05, 4.69) is 0 Å². The molecule has 2 aromatic rings. The molecule has 2 aliphatic heterocycles. The molecule has 4 rings (SSSR count). The zero-order valence-corrected chi connectivity index (χ0v) is 17.3. The number of benzene rings is 1. The number of ether oxygens (including phenoxy) is 1. The number of morpholine rings is 1. The third kappa shape index (κ3) is 4.16. The van der Waals surface area contributed by atoms with E-state index in [0.29, 0.717) is 12.1 Å². The smallest absolute Gasteiger partial charge is 0.295 e. The molecule has 3 heterocycles. The van der Waals surface area contributed by atoms with Crippen LogP contribution in [-0.4, -0.2) is 61.1 Å². The van der Waals surface area contributed by atoms with Crippen LogP contribution in [0, 0.1) is 5.82 Å². The van der Waals surface area contributed by atoms with Crippen LogP contribution in [0.3, 0.4) is 0 Å². The average molecular weight is 432 g/mol. The van der Waals surface area contributed by atoms with Gasteiger partial charge in [-0.1, -0.05) is 6.07 Å². The summed E-state index contributed by atoms with van der Waals surface area (Å²) in [6, 6.07) is 8.34. The van der Waals surface area contributed by atoms with Gasteiger partial charge < -0.3 is 19.6 Å². The molecule has 2 N–H and O–H groups in total. The first-order valence-electron chi connectivity index (χ1n) is 10.1. The normalized spacial score (nSPS) is 22.0. The van der Waals surface area contributed by atoms with Crippen LogP contribution in [0.5, 0.6) is 0 Å². The van der Waals surface area contributed by atoms with Crippen LogP contribution in [0.25, 0.3) is 5.76 Å². The summed E-state index contributed by atoms with van der Waals surface area (Å²) in [6.07, 6.45) is 0.751. The molecule has 8 heteroatoms. The fourth-order valence-electron chi connectivity index (χ4n) is 4.03. The number of nitrogens with zero attached hydrogens (tertiary/aromatic N) is 1. The molecular formula is C22H24FN2O4S+. The van der Waals surface area contributed by atoms with Gasteiger partial charge in [0.05, 0.1) is 31.4 Å². The van der Waals surface area contributed by atoms with E-state index in [-0.39, 0.29) is 11.3 Å². The molecule has 0 aliphatic carbocycles. The van der Waals surface area contributed by atoms with Gasteiger partial charge in [-0.3, -0.25) is 9.59 Å². The van der Waals surface area contributed by atoms with E-state index in [1.165, 1.54) is 40.5 Å². The second-order valence-corrected chi connectivity index (χ2v) is 8.46. The van der Waals surface area contributed by atoms with E-state index in [9.17, 15) is 19.1 Å². The Labute approximate surface area is 178 Å². The van der Waals surface area contributed by atoms with Crippen molar-refractivity contribution in [3.8, 4) is 0 Å². The predicted octanol–water partition coefficient (Wildman–Crippen LogP) is 1.61. The third-order valence-corrected chi connectivity index (χ3v) is 6.52. The van der Waals surface area contributed by atoms with Gasteiger partial charge in [0.2, 0.25) is 0 Å². The summed E-state index contributed by atoms with van der Waals surface area (Å²) in [7, 11) is 0. The van der Waals surface area contributed by atoms with Crippen LogP contribution in [0.2, 0.25) is 0 Å².